The number of carbonyl (C=O) groups excluding carboxylic acids is 2. The van der Waals surface area contributed by atoms with Gasteiger partial charge in [-0.25, -0.2) is 0 Å². The predicted octanol–water partition coefficient (Wildman–Crippen LogP) is 3.57. The number of rotatable bonds is 3. The largest absolute Gasteiger partial charge is 0.426 e. The third-order valence-corrected chi connectivity index (χ3v) is 4.42. The standard InChI is InChI=1S/C20H21NO3/c1-13-7-9-17(10-8-13)21-12-16(11-18(21)22)20(23)24-19-14(2)5-4-6-15(19)3/h4-10,16H,11-12H2,1-3H3. The van der Waals surface area contributed by atoms with Crippen molar-refractivity contribution in [3.63, 3.8) is 0 Å². The molecule has 0 N–H and O–H groups in total. The summed E-state index contributed by atoms with van der Waals surface area (Å²) >= 11 is 0. The lowest BCUT2D eigenvalue weighted by atomic mass is 10.1. The van der Waals surface area contributed by atoms with Gasteiger partial charge in [-0.2, -0.15) is 0 Å². The molecule has 3 rings (SSSR count). The second kappa shape index (κ2) is 6.48. The number of hydrogen-bond donors (Lipinski definition) is 0. The maximum atomic E-state index is 12.5. The Hall–Kier alpha value is -2.62. The van der Waals surface area contributed by atoms with Gasteiger partial charge in [-0.05, 0) is 44.0 Å². The van der Waals surface area contributed by atoms with Crippen molar-refractivity contribution < 1.29 is 14.3 Å². The number of para-hydroxylation sites is 1. The summed E-state index contributed by atoms with van der Waals surface area (Å²) in [7, 11) is 0. The molecule has 1 atom stereocenters. The van der Waals surface area contributed by atoms with Crippen LogP contribution >= 0.6 is 0 Å². The van der Waals surface area contributed by atoms with Crippen LogP contribution in [0.15, 0.2) is 42.5 Å². The van der Waals surface area contributed by atoms with Crippen LogP contribution in [-0.4, -0.2) is 18.4 Å². The molecular weight excluding hydrogens is 302 g/mol. The number of esters is 1. The van der Waals surface area contributed by atoms with Gasteiger partial charge >= 0.3 is 5.97 Å². The van der Waals surface area contributed by atoms with Gasteiger partial charge in [0, 0.05) is 18.7 Å². The van der Waals surface area contributed by atoms with E-state index in [-0.39, 0.29) is 18.3 Å². The summed E-state index contributed by atoms with van der Waals surface area (Å²) in [4.78, 5) is 26.4. The number of benzene rings is 2. The Morgan fingerprint density at radius 1 is 1.04 bits per heavy atom. The van der Waals surface area contributed by atoms with Gasteiger partial charge in [0.1, 0.15) is 5.75 Å². The highest BCUT2D eigenvalue weighted by atomic mass is 16.5. The van der Waals surface area contributed by atoms with Crippen LogP contribution in [0.3, 0.4) is 0 Å². The van der Waals surface area contributed by atoms with Crippen molar-refractivity contribution in [2.75, 3.05) is 11.4 Å². The zero-order chi connectivity index (χ0) is 17.3. The molecule has 1 amide bonds. The van der Waals surface area contributed by atoms with E-state index in [1.807, 2.05) is 63.2 Å². The zero-order valence-corrected chi connectivity index (χ0v) is 14.2. The van der Waals surface area contributed by atoms with Gasteiger partial charge in [-0.3, -0.25) is 9.59 Å². The molecule has 2 aromatic carbocycles. The molecule has 0 radical (unpaired) electrons. The van der Waals surface area contributed by atoms with E-state index in [9.17, 15) is 9.59 Å². The highest BCUT2D eigenvalue weighted by Gasteiger charge is 2.36. The van der Waals surface area contributed by atoms with E-state index in [1.54, 1.807) is 4.90 Å². The average Bonchev–Trinajstić information content (AvgIpc) is 2.94. The Morgan fingerprint density at radius 3 is 2.29 bits per heavy atom. The molecule has 0 bridgehead atoms. The first-order valence-electron chi connectivity index (χ1n) is 8.10. The smallest absolute Gasteiger partial charge is 0.316 e. The molecule has 0 spiro atoms. The van der Waals surface area contributed by atoms with Crippen LogP contribution in [0.1, 0.15) is 23.1 Å². The lowest BCUT2D eigenvalue weighted by Gasteiger charge is -2.17. The summed E-state index contributed by atoms with van der Waals surface area (Å²) in [5, 5.41) is 0. The van der Waals surface area contributed by atoms with E-state index in [4.69, 9.17) is 4.74 Å². The summed E-state index contributed by atoms with van der Waals surface area (Å²) in [6.07, 6.45) is 0.192. The molecule has 1 aliphatic heterocycles. The first-order valence-corrected chi connectivity index (χ1v) is 8.10. The zero-order valence-electron chi connectivity index (χ0n) is 14.2. The van der Waals surface area contributed by atoms with Crippen molar-refractivity contribution in [3.8, 4) is 5.75 Å². The van der Waals surface area contributed by atoms with Crippen molar-refractivity contribution in [1.82, 2.24) is 0 Å². The molecule has 124 valence electrons. The van der Waals surface area contributed by atoms with E-state index in [1.165, 1.54) is 0 Å². The predicted molar refractivity (Wildman–Crippen MR) is 93.2 cm³/mol. The molecule has 1 unspecified atom stereocenters. The number of hydrogen-bond acceptors (Lipinski definition) is 3. The minimum absolute atomic E-state index is 0.0395. The van der Waals surface area contributed by atoms with Crippen molar-refractivity contribution in [3.05, 3.63) is 59.2 Å². The lowest BCUT2D eigenvalue weighted by molar-refractivity contribution is -0.139. The summed E-state index contributed by atoms with van der Waals surface area (Å²) in [6, 6.07) is 13.5. The molecule has 0 saturated carbocycles. The van der Waals surface area contributed by atoms with Gasteiger partial charge in [0.05, 0.1) is 5.92 Å². The van der Waals surface area contributed by atoms with E-state index >= 15 is 0 Å². The van der Waals surface area contributed by atoms with E-state index in [2.05, 4.69) is 0 Å². The van der Waals surface area contributed by atoms with Crippen molar-refractivity contribution >= 4 is 17.6 Å². The van der Waals surface area contributed by atoms with Gasteiger partial charge in [-0.15, -0.1) is 0 Å². The van der Waals surface area contributed by atoms with Gasteiger partial charge in [-0.1, -0.05) is 35.9 Å². The summed E-state index contributed by atoms with van der Waals surface area (Å²) in [5.74, 6) is -0.209. The number of nitrogens with zero attached hydrogens (tertiary/aromatic N) is 1. The Kier molecular flexibility index (Phi) is 4.38. The first kappa shape index (κ1) is 16.2. The quantitative estimate of drug-likeness (QED) is 0.641. The second-order valence-electron chi connectivity index (χ2n) is 6.38. The van der Waals surface area contributed by atoms with Gasteiger partial charge in [0.25, 0.3) is 0 Å². The normalized spacial score (nSPS) is 17.2. The Labute approximate surface area is 142 Å². The first-order chi connectivity index (χ1) is 11.5. The number of amides is 1. The highest BCUT2D eigenvalue weighted by molar-refractivity contribution is 5.99. The van der Waals surface area contributed by atoms with Crippen LogP contribution in [-0.2, 0) is 9.59 Å². The monoisotopic (exact) mass is 323 g/mol. The van der Waals surface area contributed by atoms with E-state index in [0.29, 0.717) is 12.3 Å². The van der Waals surface area contributed by atoms with Gasteiger partial charge < -0.3 is 9.64 Å². The Bertz CT molecular complexity index is 760. The second-order valence-corrected chi connectivity index (χ2v) is 6.38. The van der Waals surface area contributed by atoms with Gasteiger partial charge in [0.2, 0.25) is 5.91 Å². The molecule has 0 aliphatic carbocycles. The Balaban J connectivity index is 1.73. The molecule has 1 saturated heterocycles. The summed E-state index contributed by atoms with van der Waals surface area (Å²) < 4.78 is 5.59. The SMILES string of the molecule is Cc1ccc(N2CC(C(=O)Oc3c(C)cccc3C)CC2=O)cc1. The van der Waals surface area contributed by atoms with Crippen molar-refractivity contribution in [1.29, 1.82) is 0 Å². The fraction of sp³-hybridized carbons (Fsp3) is 0.300. The Morgan fingerprint density at radius 2 is 1.67 bits per heavy atom. The average molecular weight is 323 g/mol. The molecule has 4 nitrogen and oxygen atoms in total. The van der Waals surface area contributed by atoms with Crippen LogP contribution in [0.2, 0.25) is 0 Å². The molecule has 24 heavy (non-hydrogen) atoms. The van der Waals surface area contributed by atoms with Crippen LogP contribution in [0.4, 0.5) is 5.69 Å². The topological polar surface area (TPSA) is 46.6 Å². The molecule has 1 fully saturated rings. The third-order valence-electron chi connectivity index (χ3n) is 4.42. The van der Waals surface area contributed by atoms with Crippen molar-refractivity contribution in [2.24, 2.45) is 5.92 Å². The highest BCUT2D eigenvalue weighted by Crippen LogP contribution is 2.28. The van der Waals surface area contributed by atoms with Crippen LogP contribution in [0.5, 0.6) is 5.75 Å². The van der Waals surface area contributed by atoms with Crippen LogP contribution < -0.4 is 9.64 Å². The van der Waals surface area contributed by atoms with Gasteiger partial charge in [0.15, 0.2) is 0 Å². The molecule has 2 aromatic rings. The number of aryl methyl sites for hydroxylation is 3. The fourth-order valence-corrected chi connectivity index (χ4v) is 2.98. The molecule has 1 aliphatic rings. The maximum Gasteiger partial charge on any atom is 0.316 e. The lowest BCUT2D eigenvalue weighted by Crippen LogP contribution is -2.27. The summed E-state index contributed by atoms with van der Waals surface area (Å²) in [6.45, 7) is 6.19. The fourth-order valence-electron chi connectivity index (χ4n) is 2.98. The van der Waals surface area contributed by atoms with E-state index in [0.717, 1.165) is 22.4 Å². The molecule has 1 heterocycles. The van der Waals surface area contributed by atoms with Crippen LogP contribution in [0.25, 0.3) is 0 Å². The maximum absolute atomic E-state index is 12.5. The van der Waals surface area contributed by atoms with Crippen LogP contribution in [0, 0.1) is 26.7 Å². The van der Waals surface area contributed by atoms with E-state index < -0.39 is 5.92 Å². The molecule has 4 heteroatoms. The number of ether oxygens (including phenoxy) is 1. The third kappa shape index (κ3) is 3.18. The number of anilines is 1. The molecular formula is C20H21NO3. The molecule has 0 aromatic heterocycles. The minimum atomic E-state index is -0.433. The van der Waals surface area contributed by atoms with Crippen molar-refractivity contribution in [2.45, 2.75) is 27.2 Å². The summed E-state index contributed by atoms with van der Waals surface area (Å²) in [5.41, 5.74) is 3.80. The number of carbonyl (C=O) groups is 2. The minimum Gasteiger partial charge on any atom is -0.426 e.